The Morgan fingerprint density at radius 1 is 1.18 bits per heavy atom. The molecule has 5 rings (SSSR count). The molecule has 3 aromatic rings. The molecule has 0 saturated carbocycles. The van der Waals surface area contributed by atoms with Crippen LogP contribution in [0, 0.1) is 6.92 Å². The van der Waals surface area contributed by atoms with Gasteiger partial charge in [-0.1, -0.05) is 12.1 Å². The molecule has 0 bridgehead atoms. The number of hydrogen-bond acceptors (Lipinski definition) is 9. The first-order valence-electron chi connectivity index (χ1n) is 12.9. The predicted molar refractivity (Wildman–Crippen MR) is 139 cm³/mol. The van der Waals surface area contributed by atoms with Crippen LogP contribution in [0.4, 0.5) is 24.7 Å². The number of ether oxygens (including phenoxy) is 2. The molecule has 39 heavy (non-hydrogen) atoms. The molecule has 0 aliphatic carbocycles. The van der Waals surface area contributed by atoms with Crippen molar-refractivity contribution in [2.45, 2.75) is 26.1 Å². The average molecular weight is 548 g/mol. The third-order valence-corrected chi connectivity index (χ3v) is 7.15. The zero-order valence-corrected chi connectivity index (χ0v) is 21.8. The minimum absolute atomic E-state index is 0.0978. The van der Waals surface area contributed by atoms with Crippen molar-refractivity contribution in [3.8, 4) is 0 Å². The summed E-state index contributed by atoms with van der Waals surface area (Å²) in [4.78, 5) is 21.3. The molecule has 2 fully saturated rings. The number of morpholine rings is 1. The van der Waals surface area contributed by atoms with Crippen LogP contribution < -0.4 is 16.0 Å². The number of nitrogen functional groups attached to an aromatic ring is 1. The van der Waals surface area contributed by atoms with Gasteiger partial charge in [0.2, 0.25) is 0 Å². The van der Waals surface area contributed by atoms with E-state index in [4.69, 9.17) is 20.3 Å². The van der Waals surface area contributed by atoms with Crippen molar-refractivity contribution in [2.75, 3.05) is 69.7 Å². The number of nitrogens with zero attached hydrogens (tertiary/aromatic N) is 5. The molecule has 2 aliphatic rings. The molecule has 2 saturated heterocycles. The molecule has 0 atom stereocenters. The number of halogens is 3. The Kier molecular flexibility index (Phi) is 7.91. The fourth-order valence-electron chi connectivity index (χ4n) is 4.97. The van der Waals surface area contributed by atoms with Crippen LogP contribution in [0.15, 0.2) is 24.3 Å². The Morgan fingerprint density at radius 3 is 2.64 bits per heavy atom. The van der Waals surface area contributed by atoms with Gasteiger partial charge in [-0.3, -0.25) is 9.69 Å². The number of rotatable bonds is 7. The van der Waals surface area contributed by atoms with Crippen molar-refractivity contribution in [3.05, 3.63) is 52.3 Å². The first kappa shape index (κ1) is 27.2. The van der Waals surface area contributed by atoms with Gasteiger partial charge in [0.25, 0.3) is 0 Å². The van der Waals surface area contributed by atoms with E-state index in [1.807, 2.05) is 9.80 Å². The van der Waals surface area contributed by atoms with Crippen LogP contribution in [0.2, 0.25) is 0 Å². The molecule has 4 heterocycles. The summed E-state index contributed by atoms with van der Waals surface area (Å²) in [5.74, 6) is 0.218. The number of imidazole rings is 1. The lowest BCUT2D eigenvalue weighted by Crippen LogP contribution is -2.45. The van der Waals surface area contributed by atoms with Crippen molar-refractivity contribution >= 4 is 23.1 Å². The number of esters is 1. The number of nitrogens with two attached hydrogens (primary N) is 1. The van der Waals surface area contributed by atoms with Crippen LogP contribution in [-0.2, 0) is 33.5 Å². The second-order valence-electron chi connectivity index (χ2n) is 9.75. The molecule has 0 spiro atoms. The number of alkyl halides is 3. The highest BCUT2D eigenvalue weighted by atomic mass is 19.4. The monoisotopic (exact) mass is 547 g/mol. The van der Waals surface area contributed by atoms with Gasteiger partial charge in [0, 0.05) is 51.8 Å². The van der Waals surface area contributed by atoms with E-state index >= 15 is 0 Å². The van der Waals surface area contributed by atoms with Crippen molar-refractivity contribution in [3.63, 3.8) is 0 Å². The fraction of sp³-hybridized carbons (Fsp3) is 0.500. The summed E-state index contributed by atoms with van der Waals surface area (Å²) in [5, 5.41) is 8.00. The lowest BCUT2D eigenvalue weighted by atomic mass is 9.98. The van der Waals surface area contributed by atoms with E-state index in [1.165, 1.54) is 13.0 Å². The molecular weight excluding hydrogens is 515 g/mol. The Morgan fingerprint density at radius 2 is 1.92 bits per heavy atom. The Balaban J connectivity index is 1.49. The van der Waals surface area contributed by atoms with E-state index in [9.17, 15) is 18.0 Å². The van der Waals surface area contributed by atoms with Crippen molar-refractivity contribution < 1.29 is 27.4 Å². The number of anilines is 2. The van der Waals surface area contributed by atoms with Crippen LogP contribution in [0.3, 0.4) is 0 Å². The smallest absolute Gasteiger partial charge is 0.416 e. The van der Waals surface area contributed by atoms with Crippen LogP contribution in [0.25, 0.3) is 5.65 Å². The zero-order chi connectivity index (χ0) is 27.6. The van der Waals surface area contributed by atoms with Crippen molar-refractivity contribution in [1.29, 1.82) is 0 Å². The molecule has 10 nitrogen and oxygen atoms in total. The van der Waals surface area contributed by atoms with Gasteiger partial charge in [0.1, 0.15) is 12.3 Å². The normalized spacial score (nSPS) is 17.1. The van der Waals surface area contributed by atoms with Gasteiger partial charge in [-0.05, 0) is 24.1 Å². The van der Waals surface area contributed by atoms with Gasteiger partial charge in [-0.15, -0.1) is 5.10 Å². The molecule has 0 radical (unpaired) electrons. The summed E-state index contributed by atoms with van der Waals surface area (Å²) in [6.07, 6.45) is -4.38. The number of benzene rings is 1. The number of aromatic nitrogens is 3. The number of carbonyl (C=O) groups excluding carboxylic acids is 1. The van der Waals surface area contributed by atoms with Crippen LogP contribution in [0.5, 0.6) is 0 Å². The first-order valence-corrected chi connectivity index (χ1v) is 12.9. The summed E-state index contributed by atoms with van der Waals surface area (Å²) in [6, 6.07) is 5.84. The minimum Gasteiger partial charge on any atom is -0.458 e. The Hall–Kier alpha value is -3.42. The SMILES string of the molecule is Cc1c(Cc2c(COC(=O)CN3CCNCC3)nc3c(N)cc(N4CCOCC4)nn23)cccc1C(F)(F)F. The van der Waals surface area contributed by atoms with Crippen LogP contribution in [0.1, 0.15) is 28.1 Å². The lowest BCUT2D eigenvalue weighted by Gasteiger charge is -2.27. The summed E-state index contributed by atoms with van der Waals surface area (Å²) in [7, 11) is 0. The maximum atomic E-state index is 13.6. The third kappa shape index (κ3) is 6.10. The zero-order valence-electron chi connectivity index (χ0n) is 21.8. The van der Waals surface area contributed by atoms with Gasteiger partial charge in [-0.2, -0.15) is 13.2 Å². The molecule has 13 heteroatoms. The van der Waals surface area contributed by atoms with E-state index in [2.05, 4.69) is 10.3 Å². The topological polar surface area (TPSA) is 110 Å². The molecule has 3 N–H and O–H groups in total. The molecule has 210 valence electrons. The number of nitrogens with one attached hydrogen (secondary N) is 1. The number of fused-ring (bicyclic) bond motifs is 1. The summed E-state index contributed by atoms with van der Waals surface area (Å²) < 4.78 is 53.5. The van der Waals surface area contributed by atoms with Crippen molar-refractivity contribution in [1.82, 2.24) is 24.8 Å². The quantitative estimate of drug-likeness (QED) is 0.430. The van der Waals surface area contributed by atoms with Gasteiger partial charge in [-0.25, -0.2) is 9.50 Å². The minimum atomic E-state index is -4.48. The fourth-order valence-corrected chi connectivity index (χ4v) is 4.97. The van der Waals surface area contributed by atoms with Crippen LogP contribution >= 0.6 is 0 Å². The second-order valence-corrected chi connectivity index (χ2v) is 9.75. The predicted octanol–water partition coefficient (Wildman–Crippen LogP) is 2.01. The van der Waals surface area contributed by atoms with E-state index < -0.39 is 17.7 Å². The highest BCUT2D eigenvalue weighted by Gasteiger charge is 2.33. The maximum absolute atomic E-state index is 13.6. The number of hydrogen-bond donors (Lipinski definition) is 2. The summed E-state index contributed by atoms with van der Waals surface area (Å²) in [6.45, 7) is 6.91. The van der Waals surface area contributed by atoms with Crippen LogP contribution in [-0.4, -0.2) is 84.5 Å². The third-order valence-electron chi connectivity index (χ3n) is 7.15. The second kappa shape index (κ2) is 11.4. The van der Waals surface area contributed by atoms with Gasteiger partial charge in [0.05, 0.1) is 36.7 Å². The lowest BCUT2D eigenvalue weighted by molar-refractivity contribution is -0.146. The molecule has 2 aliphatic heterocycles. The standard InChI is InChI=1S/C26H32F3N7O3/c1-17-18(3-2-4-19(17)26(27,28)29)13-22-21(16-39-24(37)15-34-7-5-31-6-8-34)32-25-20(30)14-23(33-36(22)25)35-9-11-38-12-10-35/h2-4,14,31H,5-13,15-16,30H2,1H3. The van der Waals surface area contributed by atoms with E-state index in [1.54, 1.807) is 16.6 Å². The summed E-state index contributed by atoms with van der Waals surface area (Å²) >= 11 is 0. The highest BCUT2D eigenvalue weighted by molar-refractivity contribution is 5.72. The molecule has 0 unspecified atom stereocenters. The van der Waals surface area contributed by atoms with Gasteiger partial charge in [0.15, 0.2) is 11.5 Å². The largest absolute Gasteiger partial charge is 0.458 e. The summed E-state index contributed by atoms with van der Waals surface area (Å²) in [5.41, 5.74) is 7.93. The molecule has 2 aromatic heterocycles. The first-order chi connectivity index (χ1) is 18.7. The molecular formula is C26H32F3N7O3. The Labute approximate surface area is 223 Å². The van der Waals surface area contributed by atoms with E-state index in [0.717, 1.165) is 32.2 Å². The van der Waals surface area contributed by atoms with E-state index in [0.29, 0.717) is 60.4 Å². The van der Waals surface area contributed by atoms with Gasteiger partial charge >= 0.3 is 12.1 Å². The number of piperazine rings is 1. The van der Waals surface area contributed by atoms with Crippen molar-refractivity contribution in [2.24, 2.45) is 0 Å². The maximum Gasteiger partial charge on any atom is 0.416 e. The number of carbonyl (C=O) groups is 1. The molecule has 0 amide bonds. The average Bonchev–Trinajstić information content (AvgIpc) is 3.27. The van der Waals surface area contributed by atoms with E-state index in [-0.39, 0.29) is 25.1 Å². The van der Waals surface area contributed by atoms with Gasteiger partial charge < -0.3 is 25.4 Å². The Bertz CT molecular complexity index is 1330. The highest BCUT2D eigenvalue weighted by Crippen LogP contribution is 2.34. The molecule has 1 aromatic carbocycles.